The zero-order chi connectivity index (χ0) is 18.4. The van der Waals surface area contributed by atoms with Crippen molar-refractivity contribution in [2.75, 3.05) is 11.5 Å². The fraction of sp³-hybridized carbons (Fsp3) is 0.429. The lowest BCUT2D eigenvalue weighted by Crippen LogP contribution is -2.38. The predicted molar refractivity (Wildman–Crippen MR) is 99.6 cm³/mol. The number of fused-ring (bicyclic) bond motifs is 1. The molecule has 5 nitrogen and oxygen atoms in total. The average Bonchev–Trinajstić information content (AvgIpc) is 3.31. The maximum atomic E-state index is 12.7. The largest absolute Gasteiger partial charge is 0.452 e. The third-order valence-electron chi connectivity index (χ3n) is 5.42. The van der Waals surface area contributed by atoms with Crippen LogP contribution in [0.15, 0.2) is 30.3 Å². The zero-order valence-corrected chi connectivity index (χ0v) is 15.5. The Hall–Kier alpha value is -2.56. The number of carbonyl (C=O) groups excluding carboxylic acids is 2. The van der Waals surface area contributed by atoms with Crippen molar-refractivity contribution in [1.29, 1.82) is 0 Å². The van der Waals surface area contributed by atoms with Gasteiger partial charge in [0.25, 0.3) is 5.91 Å². The number of hydrogen-bond donors (Lipinski definition) is 0. The highest BCUT2D eigenvalue weighted by molar-refractivity contribution is 5.99. The molecule has 2 heterocycles. The Kier molecular flexibility index (Phi) is 4.10. The van der Waals surface area contributed by atoms with Crippen LogP contribution in [-0.4, -0.2) is 29.1 Å². The summed E-state index contributed by atoms with van der Waals surface area (Å²) in [6, 6.07) is 10.4. The molecule has 0 radical (unpaired) electrons. The Labute approximate surface area is 153 Å². The molecule has 1 aromatic heterocycles. The van der Waals surface area contributed by atoms with Crippen molar-refractivity contribution in [3.05, 3.63) is 52.8 Å². The van der Waals surface area contributed by atoms with Crippen molar-refractivity contribution in [2.24, 2.45) is 0 Å². The SMILES string of the molecule is Cc1cc(C(=O)OCC(=O)N2c3ccccc3CC2C)c(C)n1C1CC1. The number of esters is 1. The fourth-order valence-electron chi connectivity index (χ4n) is 4.10. The lowest BCUT2D eigenvalue weighted by atomic mass is 10.1. The van der Waals surface area contributed by atoms with E-state index in [2.05, 4.69) is 4.57 Å². The first kappa shape index (κ1) is 16.9. The van der Waals surface area contributed by atoms with E-state index in [1.807, 2.05) is 51.1 Å². The second-order valence-electron chi connectivity index (χ2n) is 7.41. The molecule has 4 rings (SSSR count). The Morgan fingerprint density at radius 3 is 2.65 bits per heavy atom. The van der Waals surface area contributed by atoms with Crippen molar-refractivity contribution in [1.82, 2.24) is 4.57 Å². The van der Waals surface area contributed by atoms with E-state index in [-0.39, 0.29) is 18.6 Å². The molecule has 1 aromatic carbocycles. The molecule has 0 spiro atoms. The molecule has 5 heteroatoms. The molecule has 1 fully saturated rings. The molecule has 1 amide bonds. The Morgan fingerprint density at radius 2 is 1.92 bits per heavy atom. The summed E-state index contributed by atoms with van der Waals surface area (Å²) in [6.45, 7) is 5.74. The molecular formula is C21H24N2O3. The topological polar surface area (TPSA) is 51.5 Å². The maximum Gasteiger partial charge on any atom is 0.340 e. The number of para-hydroxylation sites is 1. The van der Waals surface area contributed by atoms with E-state index in [1.54, 1.807) is 4.90 Å². The van der Waals surface area contributed by atoms with Gasteiger partial charge in [0.2, 0.25) is 0 Å². The Bertz CT molecular complexity index is 879. The third kappa shape index (κ3) is 2.81. The number of aromatic nitrogens is 1. The number of amides is 1. The zero-order valence-electron chi connectivity index (χ0n) is 15.5. The molecular weight excluding hydrogens is 328 g/mol. The van der Waals surface area contributed by atoms with Gasteiger partial charge < -0.3 is 14.2 Å². The van der Waals surface area contributed by atoms with Crippen LogP contribution in [0.3, 0.4) is 0 Å². The van der Waals surface area contributed by atoms with E-state index in [0.717, 1.165) is 41.9 Å². The minimum Gasteiger partial charge on any atom is -0.452 e. The molecule has 136 valence electrons. The van der Waals surface area contributed by atoms with Crippen LogP contribution in [0.1, 0.15) is 53.1 Å². The molecule has 1 aliphatic carbocycles. The molecule has 0 bridgehead atoms. The highest BCUT2D eigenvalue weighted by Gasteiger charge is 2.32. The molecule has 1 unspecified atom stereocenters. The number of aryl methyl sites for hydroxylation is 1. The molecule has 2 aromatic rings. The molecule has 1 saturated carbocycles. The van der Waals surface area contributed by atoms with Gasteiger partial charge in [-0.15, -0.1) is 0 Å². The number of carbonyl (C=O) groups is 2. The van der Waals surface area contributed by atoms with Gasteiger partial charge in [-0.1, -0.05) is 18.2 Å². The van der Waals surface area contributed by atoms with E-state index in [1.165, 1.54) is 0 Å². The Morgan fingerprint density at radius 1 is 1.19 bits per heavy atom. The first-order valence-electron chi connectivity index (χ1n) is 9.23. The second-order valence-corrected chi connectivity index (χ2v) is 7.41. The van der Waals surface area contributed by atoms with E-state index < -0.39 is 5.97 Å². The first-order chi connectivity index (χ1) is 12.5. The summed E-state index contributed by atoms with van der Waals surface area (Å²) in [5, 5.41) is 0. The van der Waals surface area contributed by atoms with E-state index in [0.29, 0.717) is 11.6 Å². The average molecular weight is 352 g/mol. The number of hydrogen-bond acceptors (Lipinski definition) is 3. The van der Waals surface area contributed by atoms with Gasteiger partial charge in [0.05, 0.1) is 5.56 Å². The van der Waals surface area contributed by atoms with Gasteiger partial charge in [-0.05, 0) is 57.7 Å². The lowest BCUT2D eigenvalue weighted by molar-refractivity contribution is -0.122. The minimum absolute atomic E-state index is 0.0820. The normalized spacial score (nSPS) is 18.7. The molecule has 0 N–H and O–H groups in total. The number of ether oxygens (including phenoxy) is 1. The molecule has 0 saturated heterocycles. The third-order valence-corrected chi connectivity index (χ3v) is 5.42. The summed E-state index contributed by atoms with van der Waals surface area (Å²) in [4.78, 5) is 26.9. The van der Waals surface area contributed by atoms with Gasteiger partial charge >= 0.3 is 5.97 Å². The summed E-state index contributed by atoms with van der Waals surface area (Å²) < 4.78 is 7.58. The van der Waals surface area contributed by atoms with Crippen LogP contribution in [0.4, 0.5) is 5.69 Å². The summed E-state index contributed by atoms with van der Waals surface area (Å²) in [7, 11) is 0. The van der Waals surface area contributed by atoms with E-state index >= 15 is 0 Å². The summed E-state index contributed by atoms with van der Waals surface area (Å²) in [5.74, 6) is -0.592. The van der Waals surface area contributed by atoms with Gasteiger partial charge in [0.1, 0.15) is 0 Å². The van der Waals surface area contributed by atoms with Gasteiger partial charge in [-0.3, -0.25) is 4.79 Å². The van der Waals surface area contributed by atoms with Gasteiger partial charge in [0.15, 0.2) is 6.61 Å². The van der Waals surface area contributed by atoms with Crippen LogP contribution in [0.25, 0.3) is 0 Å². The molecule has 1 atom stereocenters. The Balaban J connectivity index is 1.45. The van der Waals surface area contributed by atoms with E-state index in [9.17, 15) is 9.59 Å². The number of rotatable bonds is 4. The molecule has 26 heavy (non-hydrogen) atoms. The van der Waals surface area contributed by atoms with Crippen LogP contribution in [0.2, 0.25) is 0 Å². The second kappa shape index (κ2) is 6.31. The fourth-order valence-corrected chi connectivity index (χ4v) is 4.10. The van der Waals surface area contributed by atoms with Crippen LogP contribution in [0, 0.1) is 13.8 Å². The van der Waals surface area contributed by atoms with Crippen molar-refractivity contribution in [3.8, 4) is 0 Å². The monoisotopic (exact) mass is 352 g/mol. The van der Waals surface area contributed by atoms with Gasteiger partial charge in [0, 0.05) is 29.2 Å². The molecule has 1 aliphatic heterocycles. The first-order valence-corrected chi connectivity index (χ1v) is 9.23. The van der Waals surface area contributed by atoms with Crippen molar-refractivity contribution >= 4 is 17.6 Å². The van der Waals surface area contributed by atoms with Gasteiger partial charge in [-0.2, -0.15) is 0 Å². The standard InChI is InChI=1S/C21H24N2O3/c1-13-10-16-6-4-5-7-19(16)23(13)20(24)12-26-21(25)18-11-14(2)22(15(18)3)17-8-9-17/h4-7,11,13,17H,8-10,12H2,1-3H3. The molecule has 2 aliphatic rings. The van der Waals surface area contributed by atoms with Crippen molar-refractivity contribution < 1.29 is 14.3 Å². The quantitative estimate of drug-likeness (QED) is 0.791. The maximum absolute atomic E-state index is 12.7. The smallest absolute Gasteiger partial charge is 0.340 e. The van der Waals surface area contributed by atoms with Crippen molar-refractivity contribution in [2.45, 2.75) is 52.1 Å². The number of nitrogens with zero attached hydrogens (tertiary/aromatic N) is 2. The number of benzene rings is 1. The summed E-state index contributed by atoms with van der Waals surface area (Å²) in [6.07, 6.45) is 3.16. The van der Waals surface area contributed by atoms with E-state index in [4.69, 9.17) is 4.74 Å². The summed E-state index contributed by atoms with van der Waals surface area (Å²) in [5.41, 5.74) is 4.66. The van der Waals surface area contributed by atoms with Crippen LogP contribution < -0.4 is 4.90 Å². The van der Waals surface area contributed by atoms with Gasteiger partial charge in [-0.25, -0.2) is 4.79 Å². The summed E-state index contributed by atoms with van der Waals surface area (Å²) >= 11 is 0. The van der Waals surface area contributed by atoms with Crippen LogP contribution in [-0.2, 0) is 16.0 Å². The predicted octanol–water partition coefficient (Wildman–Crippen LogP) is 3.57. The highest BCUT2D eigenvalue weighted by atomic mass is 16.5. The van der Waals surface area contributed by atoms with Crippen LogP contribution >= 0.6 is 0 Å². The van der Waals surface area contributed by atoms with Crippen LogP contribution in [0.5, 0.6) is 0 Å². The van der Waals surface area contributed by atoms with Crippen molar-refractivity contribution in [3.63, 3.8) is 0 Å². The minimum atomic E-state index is -0.418. The lowest BCUT2D eigenvalue weighted by Gasteiger charge is -2.22. The number of anilines is 1. The highest BCUT2D eigenvalue weighted by Crippen LogP contribution is 2.38.